The number of quaternary nitrogens is 1. The summed E-state index contributed by atoms with van der Waals surface area (Å²) < 4.78 is 7.15. The summed E-state index contributed by atoms with van der Waals surface area (Å²) in [4.78, 5) is 0. The quantitative estimate of drug-likeness (QED) is 0.441. The minimum atomic E-state index is 0.171. The van der Waals surface area contributed by atoms with Crippen molar-refractivity contribution in [3.63, 3.8) is 0 Å². The average Bonchev–Trinajstić information content (AvgIpc) is 2.20. The summed E-state index contributed by atoms with van der Waals surface area (Å²) in [6.07, 6.45) is 5.70. The van der Waals surface area contributed by atoms with Crippen molar-refractivity contribution < 1.29 is 9.22 Å². The summed E-state index contributed by atoms with van der Waals surface area (Å²) in [5.74, 6) is 0. The first-order chi connectivity index (χ1) is 9.05. The molecule has 20 heavy (non-hydrogen) atoms. The lowest BCUT2D eigenvalue weighted by atomic mass is 9.81. The molecule has 1 aliphatic rings. The number of ether oxygens (including phenoxy) is 1. The van der Waals surface area contributed by atoms with Gasteiger partial charge in [-0.15, -0.1) is 0 Å². The lowest BCUT2D eigenvalue weighted by Gasteiger charge is -2.46. The fourth-order valence-electron chi connectivity index (χ4n) is 3.53. The normalized spacial score (nSPS) is 22.7. The SMILES string of the molecule is C=CC[N+](C)(C)CCCOC1CC(C)(C)NC(C)(C)C1. The molecule has 1 heterocycles. The minimum absolute atomic E-state index is 0.171. The highest BCUT2D eigenvalue weighted by atomic mass is 16.5. The summed E-state index contributed by atoms with van der Waals surface area (Å²) in [7, 11) is 4.50. The molecule has 0 aliphatic carbocycles. The monoisotopic (exact) mass is 283 g/mol. The van der Waals surface area contributed by atoms with Crippen LogP contribution >= 0.6 is 0 Å². The molecule has 1 saturated heterocycles. The van der Waals surface area contributed by atoms with Gasteiger partial charge in [0.05, 0.1) is 39.9 Å². The van der Waals surface area contributed by atoms with Gasteiger partial charge in [0.1, 0.15) is 0 Å². The van der Waals surface area contributed by atoms with E-state index in [2.05, 4.69) is 53.7 Å². The van der Waals surface area contributed by atoms with Gasteiger partial charge in [-0.2, -0.15) is 0 Å². The summed E-state index contributed by atoms with van der Waals surface area (Å²) >= 11 is 0. The predicted octanol–water partition coefficient (Wildman–Crippen LogP) is 2.96. The van der Waals surface area contributed by atoms with E-state index in [9.17, 15) is 0 Å². The summed E-state index contributed by atoms with van der Waals surface area (Å²) in [6, 6.07) is 0. The highest BCUT2D eigenvalue weighted by molar-refractivity contribution is 4.97. The Kier molecular flexibility index (Phi) is 5.82. The standard InChI is InChI=1S/C17H35N2O/c1-8-10-19(6,7)11-9-12-20-15-13-16(2,3)18-17(4,5)14-15/h8,15,18H,1,9-14H2,2-7H3/q+1. The molecule has 0 aromatic heterocycles. The second-order valence-corrected chi connectivity index (χ2v) is 8.28. The number of nitrogens with one attached hydrogen (secondary N) is 1. The van der Waals surface area contributed by atoms with Gasteiger partial charge in [0.2, 0.25) is 0 Å². The van der Waals surface area contributed by atoms with Crippen LogP contribution < -0.4 is 5.32 Å². The Labute approximate surface area is 126 Å². The van der Waals surface area contributed by atoms with E-state index in [1.165, 1.54) is 0 Å². The van der Waals surface area contributed by atoms with Gasteiger partial charge in [0.15, 0.2) is 0 Å². The fraction of sp³-hybridized carbons (Fsp3) is 0.882. The van der Waals surface area contributed by atoms with E-state index in [-0.39, 0.29) is 11.1 Å². The van der Waals surface area contributed by atoms with Gasteiger partial charge in [-0.1, -0.05) is 6.58 Å². The molecule has 0 bridgehead atoms. The first-order valence-electron chi connectivity index (χ1n) is 7.89. The Morgan fingerprint density at radius 3 is 2.25 bits per heavy atom. The van der Waals surface area contributed by atoms with E-state index in [1.54, 1.807) is 0 Å². The van der Waals surface area contributed by atoms with E-state index < -0.39 is 0 Å². The molecule has 0 atom stereocenters. The number of hydrogen-bond donors (Lipinski definition) is 1. The van der Waals surface area contributed by atoms with Crippen LogP contribution in [-0.4, -0.2) is 55.5 Å². The van der Waals surface area contributed by atoms with Gasteiger partial charge in [-0.25, -0.2) is 0 Å². The van der Waals surface area contributed by atoms with E-state index in [0.29, 0.717) is 6.10 Å². The number of piperidine rings is 1. The largest absolute Gasteiger partial charge is 0.378 e. The zero-order valence-electron chi connectivity index (χ0n) is 14.5. The minimum Gasteiger partial charge on any atom is -0.378 e. The number of hydrogen-bond acceptors (Lipinski definition) is 2. The zero-order valence-corrected chi connectivity index (χ0v) is 14.5. The molecule has 0 spiro atoms. The number of rotatable bonds is 7. The van der Waals surface area contributed by atoms with Crippen LogP contribution in [0, 0.1) is 0 Å². The highest BCUT2D eigenvalue weighted by Crippen LogP contribution is 2.30. The molecule has 0 aromatic rings. The molecule has 1 fully saturated rings. The maximum absolute atomic E-state index is 6.15. The number of nitrogens with zero attached hydrogens (tertiary/aromatic N) is 1. The smallest absolute Gasteiger partial charge is 0.0966 e. The van der Waals surface area contributed by atoms with Crippen molar-refractivity contribution in [3.05, 3.63) is 12.7 Å². The average molecular weight is 283 g/mol. The van der Waals surface area contributed by atoms with Gasteiger partial charge in [-0.05, 0) is 46.6 Å². The topological polar surface area (TPSA) is 21.3 Å². The second-order valence-electron chi connectivity index (χ2n) is 8.28. The van der Waals surface area contributed by atoms with Gasteiger partial charge < -0.3 is 14.5 Å². The third-order valence-corrected chi connectivity index (χ3v) is 4.04. The molecule has 0 aromatic carbocycles. The zero-order chi connectivity index (χ0) is 15.4. The maximum atomic E-state index is 6.15. The van der Waals surface area contributed by atoms with Gasteiger partial charge >= 0.3 is 0 Å². The highest BCUT2D eigenvalue weighted by Gasteiger charge is 2.38. The van der Waals surface area contributed by atoms with Crippen molar-refractivity contribution in [2.75, 3.05) is 33.8 Å². The molecule has 0 amide bonds. The Balaban J connectivity index is 2.33. The molecule has 1 N–H and O–H groups in total. The molecule has 3 heteroatoms. The predicted molar refractivity (Wildman–Crippen MR) is 86.9 cm³/mol. The second kappa shape index (κ2) is 6.59. The molecular weight excluding hydrogens is 248 g/mol. The Morgan fingerprint density at radius 2 is 1.75 bits per heavy atom. The number of likely N-dealkylation sites (N-methyl/N-ethyl adjacent to an activating group) is 1. The summed E-state index contributed by atoms with van der Waals surface area (Å²) in [5, 5.41) is 3.70. The van der Waals surface area contributed by atoms with Crippen LogP contribution in [0.1, 0.15) is 47.0 Å². The molecule has 3 nitrogen and oxygen atoms in total. The Morgan fingerprint density at radius 1 is 1.20 bits per heavy atom. The summed E-state index contributed by atoms with van der Waals surface area (Å²) in [6.45, 7) is 15.9. The van der Waals surface area contributed by atoms with Gasteiger partial charge in [0.25, 0.3) is 0 Å². The molecule has 1 aliphatic heterocycles. The van der Waals surface area contributed by atoms with Gasteiger partial charge in [0, 0.05) is 17.5 Å². The van der Waals surface area contributed by atoms with Crippen LogP contribution in [0.3, 0.4) is 0 Å². The van der Waals surface area contributed by atoms with Crippen LogP contribution in [0.15, 0.2) is 12.7 Å². The van der Waals surface area contributed by atoms with Crippen LogP contribution in [-0.2, 0) is 4.74 Å². The van der Waals surface area contributed by atoms with Crippen molar-refractivity contribution in [3.8, 4) is 0 Å². The van der Waals surface area contributed by atoms with Crippen LogP contribution in [0.2, 0.25) is 0 Å². The maximum Gasteiger partial charge on any atom is 0.0966 e. The first kappa shape index (κ1) is 17.7. The van der Waals surface area contributed by atoms with Gasteiger partial charge in [-0.3, -0.25) is 0 Å². The van der Waals surface area contributed by atoms with Crippen LogP contribution in [0.5, 0.6) is 0 Å². The third-order valence-electron chi connectivity index (χ3n) is 4.04. The van der Waals surface area contributed by atoms with E-state index in [1.807, 2.05) is 6.08 Å². The Hall–Kier alpha value is -0.380. The first-order valence-corrected chi connectivity index (χ1v) is 7.89. The third kappa shape index (κ3) is 6.38. The van der Waals surface area contributed by atoms with E-state index in [0.717, 1.165) is 43.4 Å². The van der Waals surface area contributed by atoms with Crippen molar-refractivity contribution in [2.45, 2.75) is 64.1 Å². The van der Waals surface area contributed by atoms with Crippen LogP contribution in [0.25, 0.3) is 0 Å². The van der Waals surface area contributed by atoms with E-state index >= 15 is 0 Å². The molecule has 1 rings (SSSR count). The summed E-state index contributed by atoms with van der Waals surface area (Å²) in [5.41, 5.74) is 0.342. The fourth-order valence-corrected chi connectivity index (χ4v) is 3.53. The molecule has 0 unspecified atom stereocenters. The molecular formula is C17H35N2O+. The van der Waals surface area contributed by atoms with Crippen molar-refractivity contribution in [2.24, 2.45) is 0 Å². The lowest BCUT2D eigenvalue weighted by Crippen LogP contribution is -2.59. The Bertz CT molecular complexity index is 305. The molecule has 0 radical (unpaired) electrons. The van der Waals surface area contributed by atoms with Crippen molar-refractivity contribution in [1.82, 2.24) is 5.32 Å². The molecule has 0 saturated carbocycles. The van der Waals surface area contributed by atoms with Crippen LogP contribution in [0.4, 0.5) is 0 Å². The molecule has 118 valence electrons. The van der Waals surface area contributed by atoms with E-state index in [4.69, 9.17) is 4.74 Å². The van der Waals surface area contributed by atoms with Crippen molar-refractivity contribution in [1.29, 1.82) is 0 Å². The lowest BCUT2D eigenvalue weighted by molar-refractivity contribution is -0.884. The van der Waals surface area contributed by atoms with Crippen molar-refractivity contribution >= 4 is 0 Å².